The van der Waals surface area contributed by atoms with Crippen LogP contribution in [0.1, 0.15) is 51.4 Å². The summed E-state index contributed by atoms with van der Waals surface area (Å²) in [4.78, 5) is 18.6. The molecule has 1 amide bonds. The highest BCUT2D eigenvalue weighted by Crippen LogP contribution is 2.31. The Kier molecular flexibility index (Phi) is 5.59. The van der Waals surface area contributed by atoms with Gasteiger partial charge in [-0.3, -0.25) is 4.79 Å². The van der Waals surface area contributed by atoms with Crippen LogP contribution in [-0.2, 0) is 4.79 Å². The predicted octanol–water partition coefficient (Wildman–Crippen LogP) is 1.61. The summed E-state index contributed by atoms with van der Waals surface area (Å²) in [6.07, 6.45) is 7.86. The number of aliphatic hydroxyl groups is 2. The van der Waals surface area contributed by atoms with E-state index in [0.29, 0.717) is 25.8 Å². The molecule has 2 fully saturated rings. The second kappa shape index (κ2) is 7.70. The fourth-order valence-electron chi connectivity index (χ4n) is 4.00. The lowest BCUT2D eigenvalue weighted by atomic mass is 9.82. The molecule has 1 unspecified atom stereocenters. The van der Waals surface area contributed by atoms with Crippen molar-refractivity contribution in [2.75, 3.05) is 24.5 Å². The number of amides is 1. The van der Waals surface area contributed by atoms with E-state index >= 15 is 0 Å². The van der Waals surface area contributed by atoms with Gasteiger partial charge in [0.1, 0.15) is 5.82 Å². The van der Waals surface area contributed by atoms with Crippen LogP contribution in [0.5, 0.6) is 0 Å². The summed E-state index contributed by atoms with van der Waals surface area (Å²) in [5.41, 5.74) is -1.82. The van der Waals surface area contributed by atoms with Crippen LogP contribution in [0.2, 0.25) is 0 Å². The van der Waals surface area contributed by atoms with Gasteiger partial charge in [-0.25, -0.2) is 4.98 Å². The molecule has 2 aliphatic rings. The Morgan fingerprint density at radius 2 is 1.88 bits per heavy atom. The van der Waals surface area contributed by atoms with E-state index < -0.39 is 11.2 Å². The summed E-state index contributed by atoms with van der Waals surface area (Å²) in [6, 6.07) is 5.74. The van der Waals surface area contributed by atoms with E-state index in [0.717, 1.165) is 38.0 Å². The lowest BCUT2D eigenvalue weighted by Gasteiger charge is -2.40. The van der Waals surface area contributed by atoms with E-state index in [-0.39, 0.29) is 18.9 Å². The molecule has 138 valence electrons. The largest absolute Gasteiger partial charge is 0.389 e. The molecule has 2 heterocycles. The molecule has 25 heavy (non-hydrogen) atoms. The number of carbonyl (C=O) groups excluding carboxylic acids is 1. The zero-order valence-corrected chi connectivity index (χ0v) is 14.8. The third kappa shape index (κ3) is 4.92. The first-order chi connectivity index (χ1) is 12.0. The van der Waals surface area contributed by atoms with Gasteiger partial charge in [0.05, 0.1) is 17.6 Å². The van der Waals surface area contributed by atoms with E-state index in [9.17, 15) is 15.0 Å². The molecule has 1 atom stereocenters. The number of nitrogens with zero attached hydrogens (tertiary/aromatic N) is 2. The van der Waals surface area contributed by atoms with Crippen molar-refractivity contribution in [2.24, 2.45) is 0 Å². The number of pyridine rings is 1. The number of hydrogen-bond donors (Lipinski definition) is 3. The zero-order chi connectivity index (χ0) is 17.8. The normalized spacial score (nSPS) is 26.2. The van der Waals surface area contributed by atoms with Gasteiger partial charge in [0.2, 0.25) is 5.91 Å². The minimum atomic E-state index is -0.958. The number of hydrogen-bond acceptors (Lipinski definition) is 5. The molecule has 3 N–H and O–H groups in total. The van der Waals surface area contributed by atoms with E-state index in [4.69, 9.17) is 0 Å². The highest BCUT2D eigenvalue weighted by Gasteiger charge is 2.36. The van der Waals surface area contributed by atoms with Gasteiger partial charge in [0, 0.05) is 25.8 Å². The number of aromatic nitrogens is 1. The molecule has 6 heteroatoms. The van der Waals surface area contributed by atoms with Crippen molar-refractivity contribution >= 4 is 11.7 Å². The van der Waals surface area contributed by atoms with Crippen LogP contribution >= 0.6 is 0 Å². The van der Waals surface area contributed by atoms with Crippen molar-refractivity contribution < 1.29 is 15.0 Å². The Balaban J connectivity index is 1.52. The summed E-state index contributed by atoms with van der Waals surface area (Å²) in [6.45, 7) is 1.52. The van der Waals surface area contributed by atoms with Gasteiger partial charge in [-0.05, 0) is 37.8 Å². The van der Waals surface area contributed by atoms with Gasteiger partial charge in [-0.15, -0.1) is 0 Å². The summed E-state index contributed by atoms with van der Waals surface area (Å²) in [7, 11) is 0. The highest BCUT2D eigenvalue weighted by atomic mass is 16.3. The van der Waals surface area contributed by atoms with Gasteiger partial charge >= 0.3 is 0 Å². The second-order valence-electron chi connectivity index (χ2n) is 7.68. The van der Waals surface area contributed by atoms with Gasteiger partial charge in [0.25, 0.3) is 0 Å². The second-order valence-corrected chi connectivity index (χ2v) is 7.68. The maximum atomic E-state index is 12.2. The molecule has 0 aromatic carbocycles. The molecule has 1 saturated heterocycles. The predicted molar refractivity (Wildman–Crippen MR) is 96.3 cm³/mol. The fourth-order valence-corrected chi connectivity index (χ4v) is 4.00. The molecule has 1 aromatic rings. The van der Waals surface area contributed by atoms with Gasteiger partial charge < -0.3 is 20.4 Å². The number of anilines is 1. The third-order valence-electron chi connectivity index (χ3n) is 5.42. The third-order valence-corrected chi connectivity index (χ3v) is 5.42. The first kappa shape index (κ1) is 18.1. The van der Waals surface area contributed by atoms with Crippen molar-refractivity contribution in [3.63, 3.8) is 0 Å². The minimum Gasteiger partial charge on any atom is -0.389 e. The lowest BCUT2D eigenvalue weighted by molar-refractivity contribution is -0.128. The van der Waals surface area contributed by atoms with Gasteiger partial charge in [-0.1, -0.05) is 25.3 Å². The van der Waals surface area contributed by atoms with E-state index in [1.807, 2.05) is 18.2 Å². The van der Waals surface area contributed by atoms with Crippen molar-refractivity contribution in [1.82, 2.24) is 10.3 Å². The first-order valence-corrected chi connectivity index (χ1v) is 9.36. The Hall–Kier alpha value is -1.66. The number of piperidine rings is 1. The smallest absolute Gasteiger partial charge is 0.222 e. The maximum absolute atomic E-state index is 12.2. The topological polar surface area (TPSA) is 85.7 Å². The SMILES string of the molecule is O=C(CC1(O)CCCCC1)NCC1(O)CCCN(c2ccccn2)C1. The zero-order valence-electron chi connectivity index (χ0n) is 14.8. The molecular formula is C19H29N3O3. The van der Waals surface area contributed by atoms with Crippen molar-refractivity contribution in [3.05, 3.63) is 24.4 Å². The molecular weight excluding hydrogens is 318 g/mol. The fraction of sp³-hybridized carbons (Fsp3) is 0.684. The van der Waals surface area contributed by atoms with Crippen LogP contribution in [0, 0.1) is 0 Å². The average Bonchev–Trinajstić information content (AvgIpc) is 2.61. The summed E-state index contributed by atoms with van der Waals surface area (Å²) in [5.74, 6) is 0.677. The number of β-amino-alcohol motifs (C(OH)–C–C–N with tert-alkyl or cyclic N) is 1. The van der Waals surface area contributed by atoms with E-state index in [1.54, 1.807) is 6.20 Å². The molecule has 0 spiro atoms. The lowest BCUT2D eigenvalue weighted by Crippen LogP contribution is -2.55. The van der Waals surface area contributed by atoms with Crippen LogP contribution in [0.4, 0.5) is 5.82 Å². The summed E-state index contributed by atoms with van der Waals surface area (Å²) in [5, 5.41) is 24.2. The number of rotatable bonds is 5. The average molecular weight is 347 g/mol. The Bertz CT molecular complexity index is 575. The Morgan fingerprint density at radius 3 is 2.60 bits per heavy atom. The minimum absolute atomic E-state index is 0.132. The molecule has 0 bridgehead atoms. The molecule has 6 nitrogen and oxygen atoms in total. The van der Waals surface area contributed by atoms with Crippen LogP contribution in [0.15, 0.2) is 24.4 Å². The standard InChI is InChI=1S/C19H29N3O3/c23-17(13-18(24)8-3-1-4-9-18)21-14-19(25)10-6-12-22(15-19)16-7-2-5-11-20-16/h2,5,7,11,24-25H,1,3-4,6,8-10,12-15H2,(H,21,23). The van der Waals surface area contributed by atoms with Crippen LogP contribution < -0.4 is 10.2 Å². The molecule has 1 aliphatic carbocycles. The van der Waals surface area contributed by atoms with Crippen LogP contribution in [-0.4, -0.2) is 51.9 Å². The monoisotopic (exact) mass is 347 g/mol. The van der Waals surface area contributed by atoms with Crippen molar-refractivity contribution in [3.8, 4) is 0 Å². The van der Waals surface area contributed by atoms with Gasteiger partial charge in [-0.2, -0.15) is 0 Å². The highest BCUT2D eigenvalue weighted by molar-refractivity contribution is 5.77. The number of carbonyl (C=O) groups is 1. The Morgan fingerprint density at radius 1 is 1.12 bits per heavy atom. The maximum Gasteiger partial charge on any atom is 0.222 e. The van der Waals surface area contributed by atoms with Crippen LogP contribution in [0.25, 0.3) is 0 Å². The van der Waals surface area contributed by atoms with Crippen molar-refractivity contribution in [2.45, 2.75) is 62.6 Å². The number of nitrogens with one attached hydrogen (secondary N) is 1. The Labute approximate surface area is 149 Å². The van der Waals surface area contributed by atoms with Crippen LogP contribution in [0.3, 0.4) is 0 Å². The molecule has 1 saturated carbocycles. The molecule has 3 rings (SSSR count). The first-order valence-electron chi connectivity index (χ1n) is 9.36. The quantitative estimate of drug-likeness (QED) is 0.753. The van der Waals surface area contributed by atoms with Crippen molar-refractivity contribution in [1.29, 1.82) is 0 Å². The van der Waals surface area contributed by atoms with E-state index in [1.165, 1.54) is 0 Å². The molecule has 1 aliphatic heterocycles. The van der Waals surface area contributed by atoms with Gasteiger partial charge in [0.15, 0.2) is 0 Å². The molecule has 0 radical (unpaired) electrons. The molecule has 1 aromatic heterocycles. The summed E-state index contributed by atoms with van der Waals surface area (Å²) < 4.78 is 0. The van der Waals surface area contributed by atoms with E-state index in [2.05, 4.69) is 15.2 Å². The summed E-state index contributed by atoms with van der Waals surface area (Å²) >= 11 is 0.